The Labute approximate surface area is 322 Å². The second-order valence-electron chi connectivity index (χ2n) is 14.0. The summed E-state index contributed by atoms with van der Waals surface area (Å²) in [4.78, 5) is 14.6. The molecule has 0 aliphatic heterocycles. The van der Waals surface area contributed by atoms with Crippen molar-refractivity contribution in [2.45, 2.75) is 0 Å². The highest BCUT2D eigenvalue weighted by atomic mass is 16.3. The minimum atomic E-state index is 0.629. The molecule has 11 rings (SSSR count). The van der Waals surface area contributed by atoms with Gasteiger partial charge in [-0.05, 0) is 69.8 Å². The quantitative estimate of drug-likeness (QED) is 0.171. The summed E-state index contributed by atoms with van der Waals surface area (Å²) in [6.45, 7) is 0. The molecule has 0 unspecified atom stereocenters. The van der Waals surface area contributed by atoms with E-state index >= 15 is 0 Å². The number of para-hydroxylation sites is 1. The molecule has 262 valence electrons. The van der Waals surface area contributed by atoms with Crippen LogP contribution in [0.3, 0.4) is 0 Å². The third-order valence-corrected chi connectivity index (χ3v) is 10.6. The Kier molecular flexibility index (Phi) is 7.42. The van der Waals surface area contributed by atoms with Crippen LogP contribution in [0.4, 0.5) is 0 Å². The summed E-state index contributed by atoms with van der Waals surface area (Å²) in [6, 6.07) is 64.6. The molecular weight excluding hydrogens is 687 g/mol. The number of nitrogens with zero attached hydrogens (tertiary/aromatic N) is 3. The number of benzene rings is 8. The van der Waals surface area contributed by atoms with E-state index in [1.165, 1.54) is 0 Å². The topological polar surface area (TPSA) is 65.0 Å². The van der Waals surface area contributed by atoms with Crippen LogP contribution in [-0.2, 0) is 0 Å². The number of hydrogen-bond acceptors (Lipinski definition) is 5. The molecule has 11 aromatic rings. The van der Waals surface area contributed by atoms with Crippen LogP contribution in [-0.4, -0.2) is 15.0 Å². The van der Waals surface area contributed by atoms with Crippen LogP contribution in [0, 0.1) is 0 Å². The molecule has 3 heterocycles. The van der Waals surface area contributed by atoms with Gasteiger partial charge in [-0.3, -0.25) is 0 Å². The van der Waals surface area contributed by atoms with Gasteiger partial charge in [0.1, 0.15) is 22.3 Å². The Bertz CT molecular complexity index is 3180. The first-order valence-electron chi connectivity index (χ1n) is 18.7. The third kappa shape index (κ3) is 5.45. The van der Waals surface area contributed by atoms with E-state index in [4.69, 9.17) is 23.8 Å². The fourth-order valence-corrected chi connectivity index (χ4v) is 7.84. The summed E-state index contributed by atoms with van der Waals surface area (Å²) in [5, 5.41) is 4.42. The van der Waals surface area contributed by atoms with Crippen LogP contribution in [0.5, 0.6) is 0 Å². The SMILES string of the molecule is c1ccc(-c2nc(-c3ccccc3)nc(-c3ccc(-c4ccc5c(c4)oc4cc(-c6ccccc6-c6cccc7oc8ccccc8c67)ccc45)cc3)n2)cc1. The maximum Gasteiger partial charge on any atom is 0.164 e. The summed E-state index contributed by atoms with van der Waals surface area (Å²) in [6.07, 6.45) is 0. The van der Waals surface area contributed by atoms with Crippen LogP contribution in [0.15, 0.2) is 197 Å². The first-order chi connectivity index (χ1) is 27.7. The van der Waals surface area contributed by atoms with Gasteiger partial charge in [-0.1, -0.05) is 152 Å². The zero-order valence-electron chi connectivity index (χ0n) is 30.1. The minimum Gasteiger partial charge on any atom is -0.456 e. The van der Waals surface area contributed by atoms with E-state index in [2.05, 4.69) is 109 Å². The highest BCUT2D eigenvalue weighted by molar-refractivity contribution is 6.14. The van der Waals surface area contributed by atoms with E-state index in [1.807, 2.05) is 78.9 Å². The van der Waals surface area contributed by atoms with Crippen LogP contribution in [0.25, 0.3) is 111 Å². The summed E-state index contributed by atoms with van der Waals surface area (Å²) in [5.74, 6) is 1.91. The summed E-state index contributed by atoms with van der Waals surface area (Å²) >= 11 is 0. The molecule has 0 N–H and O–H groups in total. The lowest BCUT2D eigenvalue weighted by Crippen LogP contribution is -2.00. The standard InChI is InChI=1S/C51H31N3O2/c1-3-12-33(13-4-1)49-52-50(34-14-5-2-6-15-34)54-51(53-49)35-24-22-32(23-25-35)36-26-28-40-41-29-27-37(31-47(41)56-46(40)30-36)38-16-7-8-17-39(38)42-19-11-21-45-48(42)43-18-9-10-20-44(43)55-45/h1-31H. The van der Waals surface area contributed by atoms with Gasteiger partial charge >= 0.3 is 0 Å². The minimum absolute atomic E-state index is 0.629. The second-order valence-corrected chi connectivity index (χ2v) is 14.0. The van der Waals surface area contributed by atoms with Gasteiger partial charge in [0, 0.05) is 38.2 Å². The lowest BCUT2D eigenvalue weighted by molar-refractivity contribution is 0.668. The molecule has 5 heteroatoms. The lowest BCUT2D eigenvalue weighted by Gasteiger charge is -2.11. The lowest BCUT2D eigenvalue weighted by atomic mass is 9.91. The van der Waals surface area contributed by atoms with Gasteiger partial charge in [-0.15, -0.1) is 0 Å². The molecule has 3 aromatic heterocycles. The smallest absolute Gasteiger partial charge is 0.164 e. The van der Waals surface area contributed by atoms with E-state index in [1.54, 1.807) is 0 Å². The first kappa shape index (κ1) is 31.9. The van der Waals surface area contributed by atoms with E-state index in [0.717, 1.165) is 93.9 Å². The Morgan fingerprint density at radius 3 is 1.41 bits per heavy atom. The molecule has 0 fully saturated rings. The Morgan fingerprint density at radius 1 is 0.268 bits per heavy atom. The van der Waals surface area contributed by atoms with Gasteiger partial charge in [-0.2, -0.15) is 0 Å². The maximum atomic E-state index is 6.60. The average Bonchev–Trinajstić information content (AvgIpc) is 3.85. The van der Waals surface area contributed by atoms with Crippen molar-refractivity contribution in [3.8, 4) is 67.5 Å². The van der Waals surface area contributed by atoms with Crippen molar-refractivity contribution in [3.05, 3.63) is 188 Å². The number of fused-ring (bicyclic) bond motifs is 6. The number of furan rings is 2. The summed E-state index contributed by atoms with van der Waals surface area (Å²) < 4.78 is 12.8. The molecule has 0 amide bonds. The molecule has 0 saturated heterocycles. The highest BCUT2D eigenvalue weighted by Gasteiger charge is 2.17. The Morgan fingerprint density at radius 2 is 0.732 bits per heavy atom. The van der Waals surface area contributed by atoms with Gasteiger partial charge in [-0.25, -0.2) is 15.0 Å². The fourth-order valence-electron chi connectivity index (χ4n) is 7.84. The fraction of sp³-hybridized carbons (Fsp3) is 0. The molecule has 0 aliphatic carbocycles. The zero-order chi connectivity index (χ0) is 37.0. The predicted molar refractivity (Wildman–Crippen MR) is 227 cm³/mol. The van der Waals surface area contributed by atoms with Crippen molar-refractivity contribution < 1.29 is 8.83 Å². The normalized spacial score (nSPS) is 11.6. The molecule has 0 spiro atoms. The van der Waals surface area contributed by atoms with Crippen LogP contribution >= 0.6 is 0 Å². The molecular formula is C51H31N3O2. The van der Waals surface area contributed by atoms with Gasteiger partial charge in [0.2, 0.25) is 0 Å². The average molecular weight is 718 g/mol. The van der Waals surface area contributed by atoms with E-state index in [-0.39, 0.29) is 0 Å². The Hall–Kier alpha value is -7.63. The Balaban J connectivity index is 0.943. The van der Waals surface area contributed by atoms with Crippen molar-refractivity contribution in [1.29, 1.82) is 0 Å². The van der Waals surface area contributed by atoms with Gasteiger partial charge in [0.05, 0.1) is 0 Å². The van der Waals surface area contributed by atoms with Crippen molar-refractivity contribution >= 4 is 43.9 Å². The molecule has 0 aliphatic rings. The van der Waals surface area contributed by atoms with E-state index in [0.29, 0.717) is 17.5 Å². The molecule has 0 bridgehead atoms. The van der Waals surface area contributed by atoms with Crippen LogP contribution in [0.1, 0.15) is 0 Å². The first-order valence-corrected chi connectivity index (χ1v) is 18.7. The maximum absolute atomic E-state index is 6.60. The van der Waals surface area contributed by atoms with Gasteiger partial charge in [0.15, 0.2) is 17.5 Å². The monoisotopic (exact) mass is 717 g/mol. The highest BCUT2D eigenvalue weighted by Crippen LogP contribution is 2.42. The van der Waals surface area contributed by atoms with Crippen LogP contribution < -0.4 is 0 Å². The van der Waals surface area contributed by atoms with E-state index < -0.39 is 0 Å². The zero-order valence-corrected chi connectivity index (χ0v) is 30.1. The molecule has 56 heavy (non-hydrogen) atoms. The van der Waals surface area contributed by atoms with Crippen molar-refractivity contribution in [3.63, 3.8) is 0 Å². The molecule has 0 saturated carbocycles. The summed E-state index contributed by atoms with van der Waals surface area (Å²) in [7, 11) is 0. The molecule has 0 atom stereocenters. The number of rotatable bonds is 6. The van der Waals surface area contributed by atoms with Gasteiger partial charge in [0.25, 0.3) is 0 Å². The summed E-state index contributed by atoms with van der Waals surface area (Å²) in [5.41, 5.74) is 13.0. The van der Waals surface area contributed by atoms with Crippen molar-refractivity contribution in [2.24, 2.45) is 0 Å². The molecule has 8 aromatic carbocycles. The molecule has 5 nitrogen and oxygen atoms in total. The predicted octanol–water partition coefficient (Wildman–Crippen LogP) is 13.7. The van der Waals surface area contributed by atoms with E-state index in [9.17, 15) is 0 Å². The van der Waals surface area contributed by atoms with Crippen molar-refractivity contribution in [1.82, 2.24) is 15.0 Å². The molecule has 0 radical (unpaired) electrons. The number of aromatic nitrogens is 3. The largest absolute Gasteiger partial charge is 0.456 e. The second kappa shape index (κ2) is 13.0. The van der Waals surface area contributed by atoms with Gasteiger partial charge < -0.3 is 8.83 Å². The third-order valence-electron chi connectivity index (χ3n) is 10.6. The number of hydrogen-bond donors (Lipinski definition) is 0. The van der Waals surface area contributed by atoms with Crippen molar-refractivity contribution in [2.75, 3.05) is 0 Å². The van der Waals surface area contributed by atoms with Crippen LogP contribution in [0.2, 0.25) is 0 Å².